The molecule has 0 aromatic rings. The fraction of sp³-hybridized carbons (Fsp3) is 1.00. The van der Waals surface area contributed by atoms with Crippen molar-refractivity contribution in [3.05, 3.63) is 0 Å². The first-order valence-corrected chi connectivity index (χ1v) is 8.76. The summed E-state index contributed by atoms with van der Waals surface area (Å²) in [6, 6.07) is 0. The predicted octanol–water partition coefficient (Wildman–Crippen LogP) is 5.66. The van der Waals surface area contributed by atoms with Gasteiger partial charge in [0.25, 0.3) is 0 Å². The lowest BCUT2D eigenvalue weighted by atomic mass is 10.7. The van der Waals surface area contributed by atoms with Crippen LogP contribution in [0.5, 0.6) is 0 Å². The average Bonchev–Trinajstić information content (AvgIpc) is 2.55. The summed E-state index contributed by atoms with van der Waals surface area (Å²) in [5.74, 6) is -0.245. The highest BCUT2D eigenvalue weighted by molar-refractivity contribution is 6.49. The van der Waals surface area contributed by atoms with E-state index in [1.807, 2.05) is 6.92 Å². The maximum absolute atomic E-state index is 6.44. The first-order valence-electron chi connectivity index (χ1n) is 5.27. The Morgan fingerprint density at radius 3 is 1.39 bits per heavy atom. The molecule has 0 unspecified atom stereocenters. The molecule has 106 valence electrons. The van der Waals surface area contributed by atoms with Gasteiger partial charge in [0.2, 0.25) is 0 Å². The molecule has 2 fully saturated rings. The normalized spacial score (nSPS) is 55.8. The van der Waals surface area contributed by atoms with Crippen LogP contribution in [0.25, 0.3) is 0 Å². The van der Waals surface area contributed by atoms with Gasteiger partial charge in [-0.3, -0.25) is 0 Å². The van der Waals surface area contributed by atoms with Crippen molar-refractivity contribution < 1.29 is 0 Å². The Morgan fingerprint density at radius 1 is 0.778 bits per heavy atom. The highest BCUT2D eigenvalue weighted by Gasteiger charge is 2.80. The molecule has 5 atom stereocenters. The minimum atomic E-state index is -0.920. The van der Waals surface area contributed by atoms with E-state index in [1.54, 1.807) is 0 Å². The van der Waals surface area contributed by atoms with Crippen LogP contribution in [0.2, 0.25) is 0 Å². The Hall–Kier alpha value is 2.32. The molecule has 2 saturated carbocycles. The molecule has 2 aliphatic rings. The molecule has 0 aromatic heterocycles. The van der Waals surface area contributed by atoms with Crippen LogP contribution in [0.15, 0.2) is 0 Å². The van der Waals surface area contributed by atoms with Crippen molar-refractivity contribution in [2.24, 2.45) is 16.7 Å². The van der Waals surface area contributed by atoms with Crippen LogP contribution in [-0.2, 0) is 0 Å². The lowest BCUT2D eigenvalue weighted by Crippen LogP contribution is -2.53. The molecule has 8 heteroatoms. The largest absolute Gasteiger partial charge is 0.121 e. The molecule has 0 amide bonds. The van der Waals surface area contributed by atoms with Crippen LogP contribution >= 0.6 is 92.8 Å². The van der Waals surface area contributed by atoms with Gasteiger partial charge in [-0.2, -0.15) is 0 Å². The van der Waals surface area contributed by atoms with Crippen molar-refractivity contribution in [1.29, 1.82) is 0 Å². The Morgan fingerprint density at radius 2 is 1.17 bits per heavy atom. The summed E-state index contributed by atoms with van der Waals surface area (Å²) in [6.45, 7) is 1.86. The summed E-state index contributed by atoms with van der Waals surface area (Å²) in [5, 5.41) is -1.92. The molecule has 2 aliphatic carbocycles. The van der Waals surface area contributed by atoms with E-state index in [-0.39, 0.29) is 5.92 Å². The molecule has 0 saturated heterocycles. The van der Waals surface area contributed by atoms with E-state index in [1.165, 1.54) is 0 Å². The molecule has 0 nitrogen and oxygen atoms in total. The minimum absolute atomic E-state index is 0.245. The van der Waals surface area contributed by atoms with Crippen LogP contribution in [0.3, 0.4) is 0 Å². The summed E-state index contributed by atoms with van der Waals surface area (Å²) in [7, 11) is 0. The van der Waals surface area contributed by atoms with E-state index in [0.29, 0.717) is 0 Å². The maximum atomic E-state index is 6.44. The monoisotopic (exact) mass is 420 g/mol. The molecule has 18 heavy (non-hydrogen) atoms. The van der Waals surface area contributed by atoms with Gasteiger partial charge in [0.05, 0.1) is 21.5 Å². The Kier molecular flexibility index (Phi) is 4.82. The van der Waals surface area contributed by atoms with Crippen LogP contribution in [0.4, 0.5) is 0 Å². The van der Waals surface area contributed by atoms with E-state index in [0.717, 1.165) is 0 Å². The van der Waals surface area contributed by atoms with Gasteiger partial charge in [-0.25, -0.2) is 0 Å². The standard InChI is InChI=1S/C10H10Cl8/c1-9(7(15)16)2-3(11)5(13)10(9,8(17)18)6(14)4(2)12/h2-8H,1H3/t2?,3-,4-,5+,6+,9+,10?/m1/s1/i1+1,2+1,3+1,4+1,5+1,6+1,7+1,8+1,9+1,10+1. The summed E-state index contributed by atoms with van der Waals surface area (Å²) in [6.07, 6.45) is 0. The third-order valence-corrected chi connectivity index (χ3v) is 8.80. The van der Waals surface area contributed by atoms with Gasteiger partial charge in [-0.1, -0.05) is 6.92 Å². The third-order valence-electron chi connectivity index (χ3n) is 4.60. The Balaban J connectivity index is 2.67. The van der Waals surface area contributed by atoms with E-state index in [2.05, 4.69) is 0 Å². The van der Waals surface area contributed by atoms with Gasteiger partial charge in [-0.05, 0) is 0 Å². The molecule has 2 bridgehead atoms. The highest BCUT2D eigenvalue weighted by atomic mass is 35.5. The van der Waals surface area contributed by atoms with Crippen LogP contribution in [-0.4, -0.2) is 31.2 Å². The van der Waals surface area contributed by atoms with E-state index in [4.69, 9.17) is 92.8 Å². The SMILES string of the molecule is [13CH3][13C@@]1([13CH](Cl)Cl)[13CH]2[13C@@H](Cl)[13C@H](Cl)[13C]1([13CH](Cl)Cl)[13C@@H](Cl)[13C@@H]2Cl. The maximum Gasteiger partial charge on any atom is 0.117 e. The van der Waals surface area contributed by atoms with E-state index >= 15 is 0 Å². The zero-order chi connectivity index (χ0) is 14.0. The topological polar surface area (TPSA) is 0 Å². The second-order valence-electron chi connectivity index (χ2n) is 5.04. The van der Waals surface area contributed by atoms with Crippen LogP contribution < -0.4 is 0 Å². The predicted molar refractivity (Wildman–Crippen MR) is 83.6 cm³/mol. The van der Waals surface area contributed by atoms with E-state index < -0.39 is 42.0 Å². The molecule has 0 aliphatic heterocycles. The lowest BCUT2D eigenvalue weighted by molar-refractivity contribution is 0.143. The summed E-state index contributed by atoms with van der Waals surface area (Å²) < 4.78 is 0. The first-order chi connectivity index (χ1) is 8.15. The average molecular weight is 424 g/mol. The van der Waals surface area contributed by atoms with E-state index in [9.17, 15) is 0 Å². The van der Waals surface area contributed by atoms with Gasteiger partial charge in [0, 0.05) is 16.7 Å². The summed E-state index contributed by atoms with van der Waals surface area (Å²) >= 11 is 50.3. The van der Waals surface area contributed by atoms with Crippen molar-refractivity contribution in [3.63, 3.8) is 0 Å². The molecule has 0 aromatic carbocycles. The molecule has 0 N–H and O–H groups in total. The molecular formula is C10H10Cl8. The molecule has 0 heterocycles. The molecule has 0 radical (unpaired) electrons. The van der Waals surface area contributed by atoms with Gasteiger partial charge < -0.3 is 0 Å². The fourth-order valence-corrected chi connectivity index (χ4v) is 8.21. The number of fused-ring (bicyclic) bond motifs is 2. The number of hydrogen-bond donors (Lipinski definition) is 0. The summed E-state index contributed by atoms with van der Waals surface area (Å²) in [5.41, 5.74) is -1.65. The first kappa shape index (κ1) is 16.7. The zero-order valence-electron chi connectivity index (χ0n) is 9.07. The van der Waals surface area contributed by atoms with Crippen LogP contribution in [0, 0.1) is 16.7 Å². The number of alkyl halides is 8. The molecule has 0 spiro atoms. The minimum Gasteiger partial charge on any atom is -0.121 e. The van der Waals surface area contributed by atoms with Gasteiger partial charge in [0.1, 0.15) is 9.67 Å². The molecular weight excluding hydrogens is 414 g/mol. The van der Waals surface area contributed by atoms with Gasteiger partial charge in [-0.15, -0.1) is 92.8 Å². The quantitative estimate of drug-likeness (QED) is 0.397. The van der Waals surface area contributed by atoms with Crippen molar-refractivity contribution in [3.8, 4) is 0 Å². The zero-order valence-corrected chi connectivity index (χ0v) is 15.1. The fourth-order valence-electron chi connectivity index (χ4n) is 3.57. The second-order valence-corrected chi connectivity index (χ2v) is 9.18. The molecule has 2 rings (SSSR count). The lowest BCUT2D eigenvalue weighted by Gasteiger charge is -2.46. The van der Waals surface area contributed by atoms with Crippen molar-refractivity contribution in [2.75, 3.05) is 0 Å². The number of rotatable bonds is 2. The van der Waals surface area contributed by atoms with Gasteiger partial charge in [0.15, 0.2) is 0 Å². The van der Waals surface area contributed by atoms with Gasteiger partial charge >= 0.3 is 0 Å². The van der Waals surface area contributed by atoms with Crippen molar-refractivity contribution in [1.82, 2.24) is 0 Å². The highest BCUT2D eigenvalue weighted by Crippen LogP contribution is 2.75. The van der Waals surface area contributed by atoms with Crippen LogP contribution in [0.1, 0.15) is 6.92 Å². The third kappa shape index (κ3) is 1.67. The Bertz CT molecular complexity index is 329. The number of hydrogen-bond acceptors (Lipinski definition) is 0. The second kappa shape index (κ2) is 5.20. The smallest absolute Gasteiger partial charge is 0.117 e. The number of halogens is 8. The van der Waals surface area contributed by atoms with Crippen molar-refractivity contribution >= 4 is 92.8 Å². The summed E-state index contributed by atoms with van der Waals surface area (Å²) in [4.78, 5) is -1.63. The Labute approximate surface area is 146 Å². The van der Waals surface area contributed by atoms with Crippen molar-refractivity contribution in [2.45, 2.75) is 38.1 Å².